The van der Waals surface area contributed by atoms with E-state index in [1.807, 2.05) is 7.05 Å². The molecular weight excluding hydrogens is 278 g/mol. The fraction of sp³-hybridized carbons (Fsp3) is 0.941. The third-order valence-electron chi connectivity index (χ3n) is 5.18. The molecule has 1 saturated carbocycles. The van der Waals surface area contributed by atoms with Crippen molar-refractivity contribution in [2.45, 2.75) is 64.0 Å². The minimum atomic E-state index is -0.235. The largest absolute Gasteiger partial charge is 0.393 e. The summed E-state index contributed by atoms with van der Waals surface area (Å²) >= 11 is 0. The van der Waals surface area contributed by atoms with Gasteiger partial charge in [0.2, 0.25) is 0 Å². The number of carbonyl (C=O) groups excluding carboxylic acids is 1. The number of piperidine rings is 1. The Labute approximate surface area is 135 Å². The van der Waals surface area contributed by atoms with Crippen LogP contribution in [0.25, 0.3) is 0 Å². The van der Waals surface area contributed by atoms with Gasteiger partial charge in [-0.3, -0.25) is 0 Å². The van der Waals surface area contributed by atoms with E-state index in [2.05, 4.69) is 17.1 Å². The minimum Gasteiger partial charge on any atom is -0.393 e. The molecule has 0 aromatic carbocycles. The maximum Gasteiger partial charge on any atom is 0.317 e. The molecule has 2 atom stereocenters. The van der Waals surface area contributed by atoms with Crippen molar-refractivity contribution in [3.8, 4) is 0 Å². The molecule has 5 nitrogen and oxygen atoms in total. The maximum absolute atomic E-state index is 12.3. The number of likely N-dealkylation sites (tertiary alicyclic amines) is 1. The zero-order valence-electron chi connectivity index (χ0n) is 14.3. The normalized spacial score (nSPS) is 27.6. The summed E-state index contributed by atoms with van der Waals surface area (Å²) in [5.41, 5.74) is 0. The predicted molar refractivity (Wildman–Crippen MR) is 88.9 cm³/mol. The Morgan fingerprint density at radius 2 is 1.91 bits per heavy atom. The fourth-order valence-corrected chi connectivity index (χ4v) is 3.74. The standard InChI is InChI=1S/C17H33N3O2/c1-3-10-20-11-8-15(9-12-20)18-17(22)19(2)13-14-6-4-5-7-16(14)21/h14-16,21H,3-13H2,1-2H3,(H,18,22). The van der Waals surface area contributed by atoms with Crippen molar-refractivity contribution in [3.05, 3.63) is 0 Å². The minimum absolute atomic E-state index is 0.0201. The lowest BCUT2D eigenvalue weighted by atomic mass is 9.86. The Kier molecular flexibility index (Phi) is 6.96. The zero-order valence-corrected chi connectivity index (χ0v) is 14.3. The summed E-state index contributed by atoms with van der Waals surface area (Å²) < 4.78 is 0. The third kappa shape index (κ3) is 5.13. The van der Waals surface area contributed by atoms with Gasteiger partial charge in [-0.15, -0.1) is 0 Å². The summed E-state index contributed by atoms with van der Waals surface area (Å²) in [5.74, 6) is 0.246. The summed E-state index contributed by atoms with van der Waals surface area (Å²) in [6.07, 6.45) is 7.27. The van der Waals surface area contributed by atoms with Gasteiger partial charge in [0.15, 0.2) is 0 Å². The molecule has 2 unspecified atom stereocenters. The Hall–Kier alpha value is -0.810. The first-order chi connectivity index (χ1) is 10.6. The molecule has 2 fully saturated rings. The number of carbonyl (C=O) groups is 1. The third-order valence-corrected chi connectivity index (χ3v) is 5.18. The van der Waals surface area contributed by atoms with Crippen LogP contribution in [-0.4, -0.2) is 66.3 Å². The van der Waals surface area contributed by atoms with Crippen molar-refractivity contribution < 1.29 is 9.90 Å². The molecule has 0 radical (unpaired) electrons. The second kappa shape index (κ2) is 8.73. The van der Waals surface area contributed by atoms with Gasteiger partial charge in [-0.25, -0.2) is 4.79 Å². The summed E-state index contributed by atoms with van der Waals surface area (Å²) in [4.78, 5) is 16.6. The maximum atomic E-state index is 12.3. The van der Waals surface area contributed by atoms with Gasteiger partial charge >= 0.3 is 6.03 Å². The van der Waals surface area contributed by atoms with E-state index in [1.54, 1.807) is 4.90 Å². The van der Waals surface area contributed by atoms with E-state index < -0.39 is 0 Å². The molecule has 5 heteroatoms. The molecular formula is C17H33N3O2. The van der Waals surface area contributed by atoms with Crippen LogP contribution in [-0.2, 0) is 0 Å². The van der Waals surface area contributed by atoms with Crippen LogP contribution in [0.3, 0.4) is 0 Å². The van der Waals surface area contributed by atoms with Crippen LogP contribution in [0.2, 0.25) is 0 Å². The number of amides is 2. The van der Waals surface area contributed by atoms with E-state index in [4.69, 9.17) is 0 Å². The lowest BCUT2D eigenvalue weighted by Crippen LogP contribution is -2.49. The molecule has 0 spiro atoms. The molecule has 2 amide bonds. The van der Waals surface area contributed by atoms with E-state index in [0.29, 0.717) is 12.6 Å². The first kappa shape index (κ1) is 17.5. The van der Waals surface area contributed by atoms with Crippen molar-refractivity contribution in [1.29, 1.82) is 0 Å². The topological polar surface area (TPSA) is 55.8 Å². The highest BCUT2D eigenvalue weighted by atomic mass is 16.3. The Morgan fingerprint density at radius 1 is 1.23 bits per heavy atom. The van der Waals surface area contributed by atoms with E-state index in [-0.39, 0.29) is 18.1 Å². The number of aliphatic hydroxyl groups is 1. The highest BCUT2D eigenvalue weighted by Gasteiger charge is 2.27. The summed E-state index contributed by atoms with van der Waals surface area (Å²) in [5, 5.41) is 13.2. The van der Waals surface area contributed by atoms with Crippen molar-refractivity contribution >= 4 is 6.03 Å². The monoisotopic (exact) mass is 311 g/mol. The van der Waals surface area contributed by atoms with Crippen LogP contribution >= 0.6 is 0 Å². The fourth-order valence-electron chi connectivity index (χ4n) is 3.74. The van der Waals surface area contributed by atoms with Gasteiger partial charge in [-0.05, 0) is 38.6 Å². The summed E-state index contributed by atoms with van der Waals surface area (Å²) in [6.45, 7) is 6.22. The van der Waals surface area contributed by atoms with E-state index in [0.717, 1.165) is 45.2 Å². The predicted octanol–water partition coefficient (Wildman–Crippen LogP) is 2.05. The number of urea groups is 1. The van der Waals surface area contributed by atoms with Gasteiger partial charge in [-0.2, -0.15) is 0 Å². The molecule has 0 aromatic rings. The summed E-state index contributed by atoms with van der Waals surface area (Å²) in [7, 11) is 1.85. The van der Waals surface area contributed by atoms with Crippen LogP contribution < -0.4 is 5.32 Å². The highest BCUT2D eigenvalue weighted by Crippen LogP contribution is 2.25. The lowest BCUT2D eigenvalue weighted by Gasteiger charge is -2.34. The Bertz CT molecular complexity index is 343. The number of rotatable bonds is 5. The van der Waals surface area contributed by atoms with Crippen molar-refractivity contribution in [2.75, 3.05) is 33.2 Å². The molecule has 0 aromatic heterocycles. The summed E-state index contributed by atoms with van der Waals surface area (Å²) in [6, 6.07) is 0.325. The number of hydrogen-bond acceptors (Lipinski definition) is 3. The Balaban J connectivity index is 1.70. The Morgan fingerprint density at radius 3 is 2.55 bits per heavy atom. The van der Waals surface area contributed by atoms with Crippen molar-refractivity contribution in [1.82, 2.24) is 15.1 Å². The van der Waals surface area contributed by atoms with Gasteiger partial charge in [0.05, 0.1) is 6.10 Å². The van der Waals surface area contributed by atoms with Gasteiger partial charge in [-0.1, -0.05) is 19.8 Å². The smallest absolute Gasteiger partial charge is 0.317 e. The molecule has 2 rings (SSSR count). The zero-order chi connectivity index (χ0) is 15.9. The number of aliphatic hydroxyl groups excluding tert-OH is 1. The molecule has 128 valence electrons. The average molecular weight is 311 g/mol. The van der Waals surface area contributed by atoms with Crippen LogP contribution in [0.15, 0.2) is 0 Å². The van der Waals surface area contributed by atoms with Gasteiger partial charge in [0, 0.05) is 38.6 Å². The number of nitrogens with one attached hydrogen (secondary N) is 1. The SMILES string of the molecule is CCCN1CCC(NC(=O)N(C)CC2CCCCC2O)CC1. The first-order valence-electron chi connectivity index (χ1n) is 9.02. The molecule has 1 heterocycles. The van der Waals surface area contributed by atoms with E-state index in [1.165, 1.54) is 19.4 Å². The van der Waals surface area contributed by atoms with Crippen molar-refractivity contribution in [3.63, 3.8) is 0 Å². The first-order valence-corrected chi connectivity index (χ1v) is 9.02. The quantitative estimate of drug-likeness (QED) is 0.817. The van der Waals surface area contributed by atoms with E-state index >= 15 is 0 Å². The molecule has 22 heavy (non-hydrogen) atoms. The molecule has 1 aliphatic heterocycles. The van der Waals surface area contributed by atoms with Crippen LogP contribution in [0, 0.1) is 5.92 Å². The highest BCUT2D eigenvalue weighted by molar-refractivity contribution is 5.74. The van der Waals surface area contributed by atoms with Gasteiger partial charge in [0.1, 0.15) is 0 Å². The average Bonchev–Trinajstić information content (AvgIpc) is 2.51. The lowest BCUT2D eigenvalue weighted by molar-refractivity contribution is 0.0560. The van der Waals surface area contributed by atoms with E-state index in [9.17, 15) is 9.90 Å². The second-order valence-electron chi connectivity index (χ2n) is 7.06. The number of hydrogen-bond donors (Lipinski definition) is 2. The van der Waals surface area contributed by atoms with Crippen LogP contribution in [0.5, 0.6) is 0 Å². The van der Waals surface area contributed by atoms with Crippen molar-refractivity contribution in [2.24, 2.45) is 5.92 Å². The van der Waals surface area contributed by atoms with Crippen LogP contribution in [0.4, 0.5) is 4.79 Å². The molecule has 2 N–H and O–H groups in total. The molecule has 1 saturated heterocycles. The van der Waals surface area contributed by atoms with Gasteiger partial charge < -0.3 is 20.2 Å². The second-order valence-corrected chi connectivity index (χ2v) is 7.06. The molecule has 2 aliphatic rings. The number of nitrogens with zero attached hydrogens (tertiary/aromatic N) is 2. The van der Waals surface area contributed by atoms with Gasteiger partial charge in [0.25, 0.3) is 0 Å². The van der Waals surface area contributed by atoms with Crippen LogP contribution in [0.1, 0.15) is 51.9 Å². The molecule has 1 aliphatic carbocycles. The molecule has 0 bridgehead atoms.